The van der Waals surface area contributed by atoms with E-state index in [9.17, 15) is 0 Å². The summed E-state index contributed by atoms with van der Waals surface area (Å²) in [5.41, 5.74) is 5.91. The maximum absolute atomic E-state index is 6.15. The van der Waals surface area contributed by atoms with Gasteiger partial charge >= 0.3 is 0 Å². The zero-order valence-corrected chi connectivity index (χ0v) is 13.4. The van der Waals surface area contributed by atoms with Crippen LogP contribution in [0.1, 0.15) is 30.3 Å². The maximum Gasteiger partial charge on any atom is 0.0674 e. The van der Waals surface area contributed by atoms with E-state index in [0.29, 0.717) is 0 Å². The van der Waals surface area contributed by atoms with Crippen LogP contribution in [0.5, 0.6) is 0 Å². The van der Waals surface area contributed by atoms with Gasteiger partial charge in [0.05, 0.1) is 5.69 Å². The van der Waals surface area contributed by atoms with E-state index in [4.69, 9.17) is 11.6 Å². The molecule has 3 nitrogen and oxygen atoms in total. The first kappa shape index (κ1) is 15.1. The van der Waals surface area contributed by atoms with Gasteiger partial charge in [-0.3, -0.25) is 4.68 Å². The van der Waals surface area contributed by atoms with Crippen molar-refractivity contribution in [3.05, 3.63) is 40.2 Å². The minimum Gasteiger partial charge on any atom is -0.313 e. The normalized spacial score (nSPS) is 11.1. The van der Waals surface area contributed by atoms with Gasteiger partial charge in [-0.25, -0.2) is 0 Å². The molecule has 0 amide bonds. The van der Waals surface area contributed by atoms with Crippen LogP contribution >= 0.6 is 11.6 Å². The molecule has 0 unspecified atom stereocenters. The van der Waals surface area contributed by atoms with E-state index in [1.165, 1.54) is 22.4 Å². The Balaban J connectivity index is 2.44. The molecule has 1 heterocycles. The molecule has 0 fully saturated rings. The van der Waals surface area contributed by atoms with Crippen LogP contribution in [0.2, 0.25) is 5.02 Å². The first-order chi connectivity index (χ1) is 9.54. The molecule has 1 aromatic carbocycles. The van der Waals surface area contributed by atoms with Crippen LogP contribution in [0, 0.1) is 13.8 Å². The van der Waals surface area contributed by atoms with Gasteiger partial charge in [0.2, 0.25) is 0 Å². The standard InChI is InChI=1S/C16H22ClN3/c1-5-8-18-10-13-9-14(17)6-7-15(13)16-11(2)19-20(4)12(16)3/h6-7,9,18H,5,8,10H2,1-4H3. The van der Waals surface area contributed by atoms with Crippen molar-refractivity contribution in [2.75, 3.05) is 6.54 Å². The molecule has 0 saturated heterocycles. The fraction of sp³-hybridized carbons (Fsp3) is 0.438. The van der Waals surface area contributed by atoms with Crippen molar-refractivity contribution in [3.63, 3.8) is 0 Å². The molecule has 0 spiro atoms. The minimum atomic E-state index is 0.779. The Morgan fingerprint density at radius 3 is 2.65 bits per heavy atom. The van der Waals surface area contributed by atoms with Crippen molar-refractivity contribution < 1.29 is 0 Å². The van der Waals surface area contributed by atoms with Crippen LogP contribution < -0.4 is 5.32 Å². The van der Waals surface area contributed by atoms with E-state index in [2.05, 4.69) is 37.3 Å². The molecule has 0 aliphatic heterocycles. The van der Waals surface area contributed by atoms with Gasteiger partial charge in [0.25, 0.3) is 0 Å². The third kappa shape index (κ3) is 3.05. The molecule has 1 N–H and O–H groups in total. The Kier molecular flexibility index (Phi) is 4.84. The molecular weight excluding hydrogens is 270 g/mol. The van der Waals surface area contributed by atoms with Crippen molar-refractivity contribution in [1.29, 1.82) is 0 Å². The van der Waals surface area contributed by atoms with E-state index >= 15 is 0 Å². The number of hydrogen-bond acceptors (Lipinski definition) is 2. The van der Waals surface area contributed by atoms with Crippen LogP contribution in [-0.4, -0.2) is 16.3 Å². The fourth-order valence-corrected chi connectivity index (χ4v) is 2.71. The molecular formula is C16H22ClN3. The molecule has 0 aliphatic rings. The lowest BCUT2D eigenvalue weighted by atomic mass is 9.98. The highest BCUT2D eigenvalue weighted by Gasteiger charge is 2.15. The van der Waals surface area contributed by atoms with Gasteiger partial charge in [0, 0.05) is 29.9 Å². The van der Waals surface area contributed by atoms with E-state index in [-0.39, 0.29) is 0 Å². The number of nitrogens with zero attached hydrogens (tertiary/aromatic N) is 2. The maximum atomic E-state index is 6.15. The molecule has 0 bridgehead atoms. The van der Waals surface area contributed by atoms with E-state index in [0.717, 1.165) is 30.2 Å². The van der Waals surface area contributed by atoms with Crippen molar-refractivity contribution in [2.45, 2.75) is 33.7 Å². The van der Waals surface area contributed by atoms with Gasteiger partial charge < -0.3 is 5.32 Å². The highest BCUT2D eigenvalue weighted by atomic mass is 35.5. The van der Waals surface area contributed by atoms with Crippen molar-refractivity contribution >= 4 is 11.6 Å². The van der Waals surface area contributed by atoms with Crippen LogP contribution in [-0.2, 0) is 13.6 Å². The minimum absolute atomic E-state index is 0.779. The van der Waals surface area contributed by atoms with Crippen molar-refractivity contribution in [2.24, 2.45) is 7.05 Å². The number of nitrogens with one attached hydrogen (secondary N) is 1. The zero-order chi connectivity index (χ0) is 14.7. The third-order valence-electron chi connectivity index (χ3n) is 3.59. The summed E-state index contributed by atoms with van der Waals surface area (Å²) >= 11 is 6.15. The summed E-state index contributed by atoms with van der Waals surface area (Å²) in [6, 6.07) is 6.10. The smallest absolute Gasteiger partial charge is 0.0674 e. The van der Waals surface area contributed by atoms with Crippen LogP contribution in [0.25, 0.3) is 11.1 Å². The number of halogens is 1. The number of rotatable bonds is 5. The fourth-order valence-electron chi connectivity index (χ4n) is 2.52. The Bertz CT molecular complexity index is 602. The lowest BCUT2D eigenvalue weighted by molar-refractivity contribution is 0.676. The summed E-state index contributed by atoms with van der Waals surface area (Å²) in [4.78, 5) is 0. The monoisotopic (exact) mass is 291 g/mol. The van der Waals surface area contributed by atoms with Gasteiger partial charge in [0.1, 0.15) is 0 Å². The van der Waals surface area contributed by atoms with Gasteiger partial charge in [0.15, 0.2) is 0 Å². The number of benzene rings is 1. The Morgan fingerprint density at radius 2 is 2.05 bits per heavy atom. The average molecular weight is 292 g/mol. The van der Waals surface area contributed by atoms with E-state index in [1.807, 2.05) is 23.9 Å². The quantitative estimate of drug-likeness (QED) is 0.848. The molecule has 0 atom stereocenters. The topological polar surface area (TPSA) is 29.9 Å². The Labute approximate surface area is 126 Å². The Hall–Kier alpha value is -1.32. The molecule has 0 radical (unpaired) electrons. The lowest BCUT2D eigenvalue weighted by Gasteiger charge is -2.12. The molecule has 0 aliphatic carbocycles. The van der Waals surface area contributed by atoms with E-state index in [1.54, 1.807) is 0 Å². The Morgan fingerprint density at radius 1 is 1.30 bits per heavy atom. The SMILES string of the molecule is CCCNCc1cc(Cl)ccc1-c1c(C)nn(C)c1C. The van der Waals surface area contributed by atoms with Crippen molar-refractivity contribution in [1.82, 2.24) is 15.1 Å². The van der Waals surface area contributed by atoms with Crippen LogP contribution in [0.3, 0.4) is 0 Å². The first-order valence-electron chi connectivity index (χ1n) is 7.04. The second-order valence-corrected chi connectivity index (χ2v) is 5.58. The van der Waals surface area contributed by atoms with Gasteiger partial charge in [-0.2, -0.15) is 5.10 Å². The van der Waals surface area contributed by atoms with Gasteiger partial charge in [-0.05, 0) is 50.1 Å². The molecule has 108 valence electrons. The summed E-state index contributed by atoms with van der Waals surface area (Å²) in [5.74, 6) is 0. The first-order valence-corrected chi connectivity index (χ1v) is 7.42. The lowest BCUT2D eigenvalue weighted by Crippen LogP contribution is -2.14. The summed E-state index contributed by atoms with van der Waals surface area (Å²) in [7, 11) is 1.98. The third-order valence-corrected chi connectivity index (χ3v) is 3.82. The van der Waals surface area contributed by atoms with Crippen LogP contribution in [0.4, 0.5) is 0 Å². The molecule has 0 saturated carbocycles. The number of aryl methyl sites for hydroxylation is 2. The van der Waals surface area contributed by atoms with Gasteiger partial charge in [-0.1, -0.05) is 24.6 Å². The molecule has 2 rings (SSSR count). The predicted molar refractivity (Wildman–Crippen MR) is 85.1 cm³/mol. The average Bonchev–Trinajstić information content (AvgIpc) is 2.65. The molecule has 4 heteroatoms. The number of hydrogen-bond donors (Lipinski definition) is 1. The van der Waals surface area contributed by atoms with Gasteiger partial charge in [-0.15, -0.1) is 0 Å². The van der Waals surface area contributed by atoms with Crippen molar-refractivity contribution in [3.8, 4) is 11.1 Å². The van der Waals surface area contributed by atoms with E-state index < -0.39 is 0 Å². The summed E-state index contributed by atoms with van der Waals surface area (Å²) in [6.45, 7) is 8.17. The second kappa shape index (κ2) is 6.42. The predicted octanol–water partition coefficient (Wildman–Crippen LogP) is 3.86. The molecule has 2 aromatic rings. The summed E-state index contributed by atoms with van der Waals surface area (Å²) < 4.78 is 1.93. The second-order valence-electron chi connectivity index (χ2n) is 5.15. The summed E-state index contributed by atoms with van der Waals surface area (Å²) in [5, 5.41) is 8.74. The highest BCUT2D eigenvalue weighted by Crippen LogP contribution is 2.31. The molecule has 1 aromatic heterocycles. The number of aromatic nitrogens is 2. The summed E-state index contributed by atoms with van der Waals surface area (Å²) in [6.07, 6.45) is 1.13. The largest absolute Gasteiger partial charge is 0.313 e. The van der Waals surface area contributed by atoms with Crippen LogP contribution in [0.15, 0.2) is 18.2 Å². The highest BCUT2D eigenvalue weighted by molar-refractivity contribution is 6.30. The zero-order valence-electron chi connectivity index (χ0n) is 12.6. The molecule has 20 heavy (non-hydrogen) atoms.